The highest BCUT2D eigenvalue weighted by molar-refractivity contribution is 5.73. The molecule has 0 aliphatic carbocycles. The van der Waals surface area contributed by atoms with Gasteiger partial charge in [0.25, 0.3) is 5.56 Å². The average molecular weight is 435 g/mol. The highest BCUT2D eigenvalue weighted by atomic mass is 16.5. The maximum Gasteiger partial charge on any atom is 0.276 e. The fourth-order valence-electron chi connectivity index (χ4n) is 4.74. The number of nitrogens with one attached hydrogen (secondary N) is 1. The molecule has 7 heteroatoms. The van der Waals surface area contributed by atoms with E-state index in [4.69, 9.17) is 9.47 Å². The van der Waals surface area contributed by atoms with Gasteiger partial charge in [-0.25, -0.2) is 4.98 Å². The Labute approximate surface area is 187 Å². The minimum Gasteiger partial charge on any atom is -0.490 e. The third-order valence-corrected chi connectivity index (χ3v) is 6.33. The molecular weight excluding hydrogens is 404 g/mol. The van der Waals surface area contributed by atoms with Gasteiger partial charge in [0.1, 0.15) is 5.60 Å². The van der Waals surface area contributed by atoms with Crippen LogP contribution in [0.15, 0.2) is 41.6 Å². The number of H-pyrrole nitrogens is 1. The number of rotatable bonds is 5. The van der Waals surface area contributed by atoms with Crippen LogP contribution >= 0.6 is 0 Å². The lowest BCUT2D eigenvalue weighted by Crippen LogP contribution is -2.34. The van der Waals surface area contributed by atoms with Gasteiger partial charge in [0.2, 0.25) is 0 Å². The molecule has 0 spiro atoms. The number of ether oxygens (including phenoxy) is 2. The Morgan fingerprint density at radius 1 is 1.28 bits per heavy atom. The summed E-state index contributed by atoms with van der Waals surface area (Å²) >= 11 is 0. The Morgan fingerprint density at radius 3 is 2.88 bits per heavy atom. The molecule has 0 saturated carbocycles. The third-order valence-electron chi connectivity index (χ3n) is 6.33. The lowest BCUT2D eigenvalue weighted by molar-refractivity contribution is 0.149. The van der Waals surface area contributed by atoms with E-state index in [1.165, 1.54) is 5.56 Å². The van der Waals surface area contributed by atoms with Gasteiger partial charge in [-0.2, -0.15) is 0 Å². The zero-order valence-corrected chi connectivity index (χ0v) is 18.9. The van der Waals surface area contributed by atoms with Crippen molar-refractivity contribution in [3.63, 3.8) is 0 Å². The van der Waals surface area contributed by atoms with Crippen LogP contribution in [0.5, 0.6) is 11.5 Å². The van der Waals surface area contributed by atoms with Crippen molar-refractivity contribution in [2.45, 2.75) is 51.8 Å². The van der Waals surface area contributed by atoms with E-state index in [0.717, 1.165) is 55.1 Å². The van der Waals surface area contributed by atoms with Crippen molar-refractivity contribution in [3.05, 3.63) is 58.3 Å². The molecule has 2 aliphatic rings. The molecule has 1 fully saturated rings. The van der Waals surface area contributed by atoms with Gasteiger partial charge >= 0.3 is 0 Å². The first kappa shape index (κ1) is 20.8. The maximum absolute atomic E-state index is 12.0. The number of piperidine rings is 1. The molecular formula is C25H30N4O3. The van der Waals surface area contributed by atoms with Crippen molar-refractivity contribution in [3.8, 4) is 11.5 Å². The summed E-state index contributed by atoms with van der Waals surface area (Å²) in [7, 11) is 0. The van der Waals surface area contributed by atoms with E-state index in [1.807, 2.05) is 19.3 Å². The molecule has 5 rings (SSSR count). The van der Waals surface area contributed by atoms with Crippen molar-refractivity contribution in [1.29, 1.82) is 0 Å². The standard InChI is InChI=1S/C25H30N4O3/c1-4-31-21-14-17(13-18-5-9-25(2,3)32-23(18)21)15-28-11-7-19(8-12-28)29-16-27-22-20(29)6-10-26-24(22)30/h5-6,9-10,13-14,16,19H,4,7-8,11-12,15H2,1-3H3,(H,26,30). The Morgan fingerprint density at radius 2 is 2.09 bits per heavy atom. The molecule has 1 N–H and O–H groups in total. The second-order valence-corrected chi connectivity index (χ2v) is 9.18. The summed E-state index contributed by atoms with van der Waals surface area (Å²) in [6.45, 7) is 9.58. The van der Waals surface area contributed by atoms with Crippen LogP contribution < -0.4 is 15.0 Å². The fraction of sp³-hybridized carbons (Fsp3) is 0.440. The van der Waals surface area contributed by atoms with E-state index in [0.29, 0.717) is 18.2 Å². The summed E-state index contributed by atoms with van der Waals surface area (Å²) in [6.07, 6.45) is 9.80. The normalized spacial score (nSPS) is 18.5. The van der Waals surface area contributed by atoms with E-state index in [9.17, 15) is 4.79 Å². The highest BCUT2D eigenvalue weighted by Crippen LogP contribution is 2.40. The van der Waals surface area contributed by atoms with Gasteiger partial charge in [0.15, 0.2) is 17.0 Å². The average Bonchev–Trinajstić information content (AvgIpc) is 3.20. The number of aromatic amines is 1. The second-order valence-electron chi connectivity index (χ2n) is 9.18. The summed E-state index contributed by atoms with van der Waals surface area (Å²) in [4.78, 5) is 21.5. The second kappa shape index (κ2) is 8.13. The van der Waals surface area contributed by atoms with Crippen molar-refractivity contribution < 1.29 is 9.47 Å². The van der Waals surface area contributed by atoms with Crippen LogP contribution in [0.25, 0.3) is 17.1 Å². The van der Waals surface area contributed by atoms with Crippen LogP contribution in [0, 0.1) is 0 Å². The molecule has 3 aromatic rings. The Bertz CT molecular complexity index is 1220. The van der Waals surface area contributed by atoms with Crippen molar-refractivity contribution in [1.82, 2.24) is 19.4 Å². The molecule has 0 bridgehead atoms. The SMILES string of the molecule is CCOc1cc(CN2CCC(n3cnc4c(=O)[nH]ccc43)CC2)cc2c1OC(C)(C)C=C2. The highest BCUT2D eigenvalue weighted by Gasteiger charge is 2.27. The third kappa shape index (κ3) is 3.93. The number of hydrogen-bond donors (Lipinski definition) is 1. The number of hydrogen-bond acceptors (Lipinski definition) is 5. The monoisotopic (exact) mass is 434 g/mol. The van der Waals surface area contributed by atoms with Crippen molar-refractivity contribution in [2.24, 2.45) is 0 Å². The Balaban J connectivity index is 1.30. The minimum atomic E-state index is -0.329. The molecule has 0 radical (unpaired) electrons. The first-order valence-electron chi connectivity index (χ1n) is 11.4. The topological polar surface area (TPSA) is 72.4 Å². The lowest BCUT2D eigenvalue weighted by Gasteiger charge is -2.33. The number of benzene rings is 1. The summed E-state index contributed by atoms with van der Waals surface area (Å²) in [6, 6.07) is 6.64. The molecule has 2 aromatic heterocycles. The van der Waals surface area contributed by atoms with E-state index < -0.39 is 0 Å². The predicted octanol–water partition coefficient (Wildman–Crippen LogP) is 4.14. The number of pyridine rings is 1. The van der Waals surface area contributed by atoms with E-state index in [1.54, 1.807) is 6.20 Å². The van der Waals surface area contributed by atoms with Crippen LogP contribution in [0.2, 0.25) is 0 Å². The zero-order chi connectivity index (χ0) is 22.3. The quantitative estimate of drug-likeness (QED) is 0.653. The number of likely N-dealkylation sites (tertiary alicyclic amines) is 1. The first-order valence-corrected chi connectivity index (χ1v) is 11.4. The summed E-state index contributed by atoms with van der Waals surface area (Å²) in [5.74, 6) is 1.66. The Hall–Kier alpha value is -3.06. The first-order chi connectivity index (χ1) is 15.4. The molecule has 1 aromatic carbocycles. The van der Waals surface area contributed by atoms with Gasteiger partial charge in [0.05, 0.1) is 18.5 Å². The number of fused-ring (bicyclic) bond motifs is 2. The number of imidazole rings is 1. The van der Waals surface area contributed by atoms with Crippen LogP contribution in [-0.4, -0.2) is 44.7 Å². The van der Waals surface area contributed by atoms with Crippen molar-refractivity contribution in [2.75, 3.05) is 19.7 Å². The predicted molar refractivity (Wildman–Crippen MR) is 125 cm³/mol. The van der Waals surface area contributed by atoms with Gasteiger partial charge in [-0.3, -0.25) is 9.69 Å². The van der Waals surface area contributed by atoms with Gasteiger partial charge in [-0.15, -0.1) is 0 Å². The summed E-state index contributed by atoms with van der Waals surface area (Å²) in [5, 5.41) is 0. The number of aromatic nitrogens is 3. The molecule has 1 saturated heterocycles. The van der Waals surface area contributed by atoms with Gasteiger partial charge < -0.3 is 19.0 Å². The Kier molecular flexibility index (Phi) is 5.29. The largest absolute Gasteiger partial charge is 0.490 e. The van der Waals surface area contributed by atoms with Crippen LogP contribution in [0.3, 0.4) is 0 Å². The van der Waals surface area contributed by atoms with Gasteiger partial charge in [-0.1, -0.05) is 6.08 Å². The van der Waals surface area contributed by atoms with Crippen molar-refractivity contribution >= 4 is 17.1 Å². The molecule has 2 aliphatic heterocycles. The van der Waals surface area contributed by atoms with E-state index in [-0.39, 0.29) is 11.2 Å². The zero-order valence-electron chi connectivity index (χ0n) is 18.9. The number of nitrogens with zero attached hydrogens (tertiary/aromatic N) is 3. The lowest BCUT2D eigenvalue weighted by atomic mass is 9.99. The minimum absolute atomic E-state index is 0.127. The fourth-order valence-corrected chi connectivity index (χ4v) is 4.74. The molecule has 0 amide bonds. The molecule has 4 heterocycles. The molecule has 0 atom stereocenters. The molecule has 0 unspecified atom stereocenters. The molecule has 32 heavy (non-hydrogen) atoms. The van der Waals surface area contributed by atoms with Crippen LogP contribution in [0.4, 0.5) is 0 Å². The smallest absolute Gasteiger partial charge is 0.276 e. The van der Waals surface area contributed by atoms with Crippen LogP contribution in [-0.2, 0) is 6.54 Å². The summed E-state index contributed by atoms with van der Waals surface area (Å²) in [5.41, 5.74) is 3.29. The van der Waals surface area contributed by atoms with Gasteiger partial charge in [-0.05, 0) is 63.5 Å². The van der Waals surface area contributed by atoms with Crippen LogP contribution in [0.1, 0.15) is 50.8 Å². The molecule has 168 valence electrons. The van der Waals surface area contributed by atoms with E-state index >= 15 is 0 Å². The molecule has 7 nitrogen and oxygen atoms in total. The van der Waals surface area contributed by atoms with Gasteiger partial charge in [0, 0.05) is 37.4 Å². The maximum atomic E-state index is 12.0. The summed E-state index contributed by atoms with van der Waals surface area (Å²) < 4.78 is 14.3. The van der Waals surface area contributed by atoms with E-state index in [2.05, 4.69) is 57.6 Å².